The van der Waals surface area contributed by atoms with Crippen molar-refractivity contribution in [3.8, 4) is 0 Å². The van der Waals surface area contributed by atoms with E-state index in [0.717, 1.165) is 19.4 Å². The van der Waals surface area contributed by atoms with Crippen molar-refractivity contribution < 1.29 is 4.79 Å². The van der Waals surface area contributed by atoms with Crippen molar-refractivity contribution in [3.05, 3.63) is 70.4 Å². The molecule has 4 nitrogen and oxygen atoms in total. The van der Waals surface area contributed by atoms with E-state index in [2.05, 4.69) is 53.3 Å². The molecule has 0 radical (unpaired) electrons. The highest BCUT2D eigenvalue weighted by molar-refractivity contribution is 6.33. The summed E-state index contributed by atoms with van der Waals surface area (Å²) >= 11 is 6.18. The minimum atomic E-state index is -0.0866. The Labute approximate surface area is 176 Å². The number of nitrogens with one attached hydrogen (secondary N) is 1. The van der Waals surface area contributed by atoms with Crippen LogP contribution in [0.25, 0.3) is 10.9 Å². The van der Waals surface area contributed by atoms with E-state index in [1.807, 2.05) is 12.1 Å². The van der Waals surface area contributed by atoms with Crippen LogP contribution in [0.3, 0.4) is 0 Å². The molecule has 1 saturated heterocycles. The Balaban J connectivity index is 1.36. The largest absolute Gasteiger partial charge is 0.352 e. The molecule has 3 atom stereocenters. The molecule has 1 fully saturated rings. The van der Waals surface area contributed by atoms with Crippen LogP contribution in [0.5, 0.6) is 0 Å². The highest BCUT2D eigenvalue weighted by Gasteiger charge is 2.39. The normalized spacial score (nSPS) is 23.8. The summed E-state index contributed by atoms with van der Waals surface area (Å²) in [5, 5.41) is 5.07. The Morgan fingerprint density at radius 2 is 2.00 bits per heavy atom. The molecule has 1 aliphatic heterocycles. The van der Waals surface area contributed by atoms with Gasteiger partial charge < -0.3 is 14.8 Å². The van der Waals surface area contributed by atoms with E-state index in [0.29, 0.717) is 35.0 Å². The zero-order chi connectivity index (χ0) is 20.1. The van der Waals surface area contributed by atoms with E-state index in [1.165, 1.54) is 22.0 Å². The first kappa shape index (κ1) is 18.7. The van der Waals surface area contributed by atoms with Gasteiger partial charge in [-0.15, -0.1) is 0 Å². The number of nitrogens with zero attached hydrogens (tertiary/aromatic N) is 2. The number of hydrogen-bond donors (Lipinski definition) is 1. The van der Waals surface area contributed by atoms with Gasteiger partial charge in [-0.1, -0.05) is 35.9 Å². The van der Waals surface area contributed by atoms with Gasteiger partial charge in [-0.3, -0.25) is 4.79 Å². The van der Waals surface area contributed by atoms with Gasteiger partial charge >= 0.3 is 0 Å². The third-order valence-electron chi connectivity index (χ3n) is 6.79. The molecule has 2 heterocycles. The summed E-state index contributed by atoms with van der Waals surface area (Å²) in [5.74, 6) is 0.847. The molecule has 1 aliphatic carbocycles. The molecule has 2 aliphatic rings. The van der Waals surface area contributed by atoms with Crippen LogP contribution in [0.15, 0.2) is 48.7 Å². The number of halogens is 1. The molecule has 5 heteroatoms. The number of likely N-dealkylation sites (N-methyl/N-ethyl adjacent to an activating group) is 1. The molecule has 1 N–H and O–H groups in total. The number of likely N-dealkylation sites (tertiary alicyclic amines) is 1. The second-order valence-electron chi connectivity index (χ2n) is 8.62. The van der Waals surface area contributed by atoms with Crippen LogP contribution in [0, 0.1) is 5.92 Å². The number of fused-ring (bicyclic) bond motifs is 2. The molecule has 0 spiro atoms. The summed E-state index contributed by atoms with van der Waals surface area (Å²) in [6, 6.07) is 14.5. The van der Waals surface area contributed by atoms with Gasteiger partial charge in [0.1, 0.15) is 0 Å². The van der Waals surface area contributed by atoms with Crippen molar-refractivity contribution in [1.29, 1.82) is 0 Å². The van der Waals surface area contributed by atoms with Gasteiger partial charge in [0.15, 0.2) is 0 Å². The number of benzene rings is 2. The van der Waals surface area contributed by atoms with Crippen molar-refractivity contribution in [2.45, 2.75) is 24.8 Å². The van der Waals surface area contributed by atoms with Crippen molar-refractivity contribution in [2.24, 2.45) is 13.0 Å². The van der Waals surface area contributed by atoms with E-state index in [-0.39, 0.29) is 5.91 Å². The molecule has 1 amide bonds. The lowest BCUT2D eigenvalue weighted by Gasteiger charge is -2.45. The van der Waals surface area contributed by atoms with E-state index in [1.54, 1.807) is 12.1 Å². The maximum absolute atomic E-state index is 12.6. The summed E-state index contributed by atoms with van der Waals surface area (Å²) in [6.45, 7) is 1.68. The third-order valence-corrected chi connectivity index (χ3v) is 7.12. The van der Waals surface area contributed by atoms with Crippen molar-refractivity contribution >= 4 is 28.4 Å². The Hall–Kier alpha value is -2.30. The van der Waals surface area contributed by atoms with Crippen molar-refractivity contribution in [2.75, 3.05) is 20.1 Å². The molecule has 3 aromatic rings. The Kier molecular flexibility index (Phi) is 4.64. The molecular formula is C24H26ClN3O. The highest BCUT2D eigenvalue weighted by Crippen LogP contribution is 2.44. The summed E-state index contributed by atoms with van der Waals surface area (Å²) in [7, 11) is 4.37. The van der Waals surface area contributed by atoms with E-state index < -0.39 is 0 Å². The zero-order valence-electron chi connectivity index (χ0n) is 16.9. The Morgan fingerprint density at radius 3 is 2.83 bits per heavy atom. The van der Waals surface area contributed by atoms with Crippen LogP contribution in [-0.2, 0) is 13.5 Å². The molecule has 2 aromatic carbocycles. The fourth-order valence-electron chi connectivity index (χ4n) is 5.46. The Bertz CT molecular complexity index is 1090. The standard InChI is InChI=1S/C24H26ClN3O/c1-27-13-15(12-26-24(29)18-6-3-4-8-20(18)25)10-19-17-7-5-9-21-23(17)16(11-22(19)27)14-28(21)2/h3-9,14-15,19,22H,10-13H2,1-2H3,(H,26,29)/t15-,19+,22+/m0/s1. The number of carbonyl (C=O) groups excluding carboxylic acids is 1. The number of rotatable bonds is 3. The lowest BCUT2D eigenvalue weighted by Crippen LogP contribution is -2.50. The molecule has 1 aromatic heterocycles. The van der Waals surface area contributed by atoms with E-state index in [9.17, 15) is 4.79 Å². The predicted octanol–water partition coefficient (Wildman–Crippen LogP) is 4.22. The third kappa shape index (κ3) is 3.15. The molecule has 150 valence electrons. The average Bonchev–Trinajstić information content (AvgIpc) is 3.04. The summed E-state index contributed by atoms with van der Waals surface area (Å²) in [4.78, 5) is 15.1. The second-order valence-corrected chi connectivity index (χ2v) is 9.02. The summed E-state index contributed by atoms with van der Waals surface area (Å²) in [6.07, 6.45) is 4.51. The fraction of sp³-hybridized carbons (Fsp3) is 0.375. The maximum Gasteiger partial charge on any atom is 0.252 e. The maximum atomic E-state index is 12.6. The van der Waals surface area contributed by atoms with Crippen LogP contribution in [0.4, 0.5) is 0 Å². The minimum absolute atomic E-state index is 0.0866. The van der Waals surface area contributed by atoms with Crippen LogP contribution < -0.4 is 5.32 Å². The van der Waals surface area contributed by atoms with Crippen molar-refractivity contribution in [1.82, 2.24) is 14.8 Å². The van der Waals surface area contributed by atoms with Crippen LogP contribution in [0.2, 0.25) is 5.02 Å². The van der Waals surface area contributed by atoms with Crippen LogP contribution >= 0.6 is 11.6 Å². The molecule has 29 heavy (non-hydrogen) atoms. The quantitative estimate of drug-likeness (QED) is 0.705. The van der Waals surface area contributed by atoms with E-state index in [4.69, 9.17) is 11.6 Å². The van der Waals surface area contributed by atoms with Crippen LogP contribution in [0.1, 0.15) is 33.8 Å². The number of piperidine rings is 1. The zero-order valence-corrected chi connectivity index (χ0v) is 17.6. The summed E-state index contributed by atoms with van der Waals surface area (Å²) < 4.78 is 2.26. The molecular weight excluding hydrogens is 382 g/mol. The molecule has 0 unspecified atom stereocenters. The number of carbonyl (C=O) groups is 1. The first-order valence-electron chi connectivity index (χ1n) is 10.3. The van der Waals surface area contributed by atoms with Gasteiger partial charge in [-0.25, -0.2) is 0 Å². The van der Waals surface area contributed by atoms with Gasteiger partial charge in [0, 0.05) is 49.2 Å². The lowest BCUT2D eigenvalue weighted by molar-refractivity contribution is 0.0891. The Morgan fingerprint density at radius 1 is 1.17 bits per heavy atom. The van der Waals surface area contributed by atoms with Gasteiger partial charge in [0.25, 0.3) is 5.91 Å². The topological polar surface area (TPSA) is 37.3 Å². The minimum Gasteiger partial charge on any atom is -0.352 e. The first-order valence-corrected chi connectivity index (χ1v) is 10.7. The predicted molar refractivity (Wildman–Crippen MR) is 118 cm³/mol. The molecule has 0 saturated carbocycles. The van der Waals surface area contributed by atoms with Crippen LogP contribution in [-0.4, -0.2) is 41.6 Å². The number of hydrogen-bond acceptors (Lipinski definition) is 2. The summed E-state index contributed by atoms with van der Waals surface area (Å²) in [5.41, 5.74) is 4.82. The van der Waals surface area contributed by atoms with Crippen molar-refractivity contribution in [3.63, 3.8) is 0 Å². The number of aryl methyl sites for hydroxylation is 1. The van der Waals surface area contributed by atoms with Gasteiger partial charge in [0.05, 0.1) is 10.6 Å². The van der Waals surface area contributed by atoms with E-state index >= 15 is 0 Å². The van der Waals surface area contributed by atoms with Gasteiger partial charge in [-0.05, 0) is 55.1 Å². The first-order chi connectivity index (χ1) is 14.0. The lowest BCUT2D eigenvalue weighted by atomic mass is 9.72. The number of amides is 1. The van der Waals surface area contributed by atoms with Gasteiger partial charge in [0.2, 0.25) is 0 Å². The smallest absolute Gasteiger partial charge is 0.252 e. The highest BCUT2D eigenvalue weighted by atomic mass is 35.5. The monoisotopic (exact) mass is 407 g/mol. The number of aromatic nitrogens is 1. The SMILES string of the molecule is CN1C[C@H](CNC(=O)c2ccccc2Cl)C[C@@H]2c3cccc4c3c(cn4C)C[C@H]21. The fourth-order valence-corrected chi connectivity index (χ4v) is 5.68. The molecule has 5 rings (SSSR count). The molecule has 0 bridgehead atoms. The van der Waals surface area contributed by atoms with Gasteiger partial charge in [-0.2, -0.15) is 0 Å². The average molecular weight is 408 g/mol. The second kappa shape index (κ2) is 7.19.